The number of thioether (sulfide) groups is 1. The van der Waals surface area contributed by atoms with Crippen LogP contribution in [0.2, 0.25) is 0 Å². The molecule has 2 aromatic rings. The molecule has 1 saturated heterocycles. The summed E-state index contributed by atoms with van der Waals surface area (Å²) < 4.78 is 2.12. The van der Waals surface area contributed by atoms with Gasteiger partial charge in [0.1, 0.15) is 5.04 Å². The molecular weight excluding hydrogens is 448 g/mol. The average Bonchev–Trinajstić information content (AvgIpc) is 3.37. The van der Waals surface area contributed by atoms with E-state index in [4.69, 9.17) is 5.41 Å². The van der Waals surface area contributed by atoms with Crippen molar-refractivity contribution in [3.05, 3.63) is 58.9 Å². The molecule has 1 aromatic carbocycles. The Morgan fingerprint density at radius 2 is 1.88 bits per heavy atom. The molecule has 0 radical (unpaired) electrons. The first-order chi connectivity index (χ1) is 16.4. The quantitative estimate of drug-likeness (QED) is 0.675. The molecular formula is C25H26N6O2S. The summed E-state index contributed by atoms with van der Waals surface area (Å²) in [6.07, 6.45) is 5.10. The molecule has 0 unspecified atom stereocenters. The molecule has 1 N–H and O–H groups in total. The zero-order chi connectivity index (χ0) is 23.8. The molecule has 3 aliphatic rings. The van der Waals surface area contributed by atoms with E-state index >= 15 is 0 Å². The SMILES string of the molecule is Cc1cc(C=C2C(=N)N3N=C(CC(=O)N4CCCCC4)SC3=NC2=O)c(C)n1-c1ccccc1. The van der Waals surface area contributed by atoms with Crippen LogP contribution in [0, 0.1) is 19.3 Å². The highest BCUT2D eigenvalue weighted by molar-refractivity contribution is 8.27. The Balaban J connectivity index is 1.39. The van der Waals surface area contributed by atoms with Crippen LogP contribution in [0.15, 0.2) is 52.1 Å². The van der Waals surface area contributed by atoms with E-state index in [1.165, 1.54) is 16.8 Å². The monoisotopic (exact) mass is 474 g/mol. The highest BCUT2D eigenvalue weighted by Crippen LogP contribution is 2.31. The number of aromatic nitrogens is 1. The van der Waals surface area contributed by atoms with Crippen molar-refractivity contribution >= 4 is 45.7 Å². The number of benzene rings is 1. The molecule has 1 aromatic heterocycles. The number of likely N-dealkylation sites (tertiary alicyclic amines) is 1. The molecule has 0 spiro atoms. The topological polar surface area (TPSA) is 94.1 Å². The fraction of sp³-hybridized carbons (Fsp3) is 0.320. The van der Waals surface area contributed by atoms with Gasteiger partial charge in [-0.25, -0.2) is 0 Å². The minimum atomic E-state index is -0.466. The van der Waals surface area contributed by atoms with Gasteiger partial charge in [0.15, 0.2) is 5.84 Å². The number of hydrazone groups is 1. The molecule has 0 atom stereocenters. The second-order valence-corrected chi connectivity index (χ2v) is 9.67. The zero-order valence-corrected chi connectivity index (χ0v) is 20.1. The molecule has 3 aliphatic heterocycles. The maximum Gasteiger partial charge on any atom is 0.283 e. The second kappa shape index (κ2) is 9.06. The smallest absolute Gasteiger partial charge is 0.283 e. The minimum Gasteiger partial charge on any atom is -0.342 e. The first-order valence-electron chi connectivity index (χ1n) is 11.4. The minimum absolute atomic E-state index is 0.0209. The first-order valence-corrected chi connectivity index (χ1v) is 12.3. The summed E-state index contributed by atoms with van der Waals surface area (Å²) >= 11 is 1.20. The van der Waals surface area contributed by atoms with Crippen molar-refractivity contribution in [1.82, 2.24) is 14.5 Å². The highest BCUT2D eigenvalue weighted by Gasteiger charge is 2.36. The summed E-state index contributed by atoms with van der Waals surface area (Å²) in [6.45, 7) is 5.57. The Bertz CT molecular complexity index is 1270. The van der Waals surface area contributed by atoms with E-state index in [2.05, 4.69) is 14.7 Å². The van der Waals surface area contributed by atoms with Gasteiger partial charge >= 0.3 is 0 Å². The maximum atomic E-state index is 12.8. The summed E-state index contributed by atoms with van der Waals surface area (Å²) in [4.78, 5) is 31.5. The Kier molecular flexibility index (Phi) is 5.95. The van der Waals surface area contributed by atoms with E-state index in [1.807, 2.05) is 55.1 Å². The molecule has 174 valence electrons. The number of aryl methyl sites for hydroxylation is 1. The zero-order valence-electron chi connectivity index (χ0n) is 19.2. The third kappa shape index (κ3) is 4.11. The molecule has 9 heteroatoms. The van der Waals surface area contributed by atoms with Crippen LogP contribution in [0.5, 0.6) is 0 Å². The van der Waals surface area contributed by atoms with Crippen molar-refractivity contribution in [2.75, 3.05) is 13.1 Å². The molecule has 0 saturated carbocycles. The predicted octanol–water partition coefficient (Wildman–Crippen LogP) is 4.12. The Morgan fingerprint density at radius 1 is 1.15 bits per heavy atom. The summed E-state index contributed by atoms with van der Waals surface area (Å²) in [6, 6.07) is 12.0. The van der Waals surface area contributed by atoms with E-state index in [9.17, 15) is 9.59 Å². The highest BCUT2D eigenvalue weighted by atomic mass is 32.2. The normalized spacial score (nSPS) is 19.4. The van der Waals surface area contributed by atoms with Crippen LogP contribution in [0.4, 0.5) is 0 Å². The van der Waals surface area contributed by atoms with Gasteiger partial charge in [-0.05, 0) is 74.7 Å². The van der Waals surface area contributed by atoms with E-state index in [1.54, 1.807) is 6.08 Å². The number of carbonyl (C=O) groups is 2. The van der Waals surface area contributed by atoms with Crippen LogP contribution < -0.4 is 0 Å². The fourth-order valence-corrected chi connectivity index (χ4v) is 5.43. The molecule has 8 nitrogen and oxygen atoms in total. The fourth-order valence-electron chi connectivity index (χ4n) is 4.55. The van der Waals surface area contributed by atoms with Gasteiger partial charge in [-0.3, -0.25) is 15.0 Å². The van der Waals surface area contributed by atoms with Crippen molar-refractivity contribution in [1.29, 1.82) is 5.41 Å². The average molecular weight is 475 g/mol. The third-order valence-corrected chi connectivity index (χ3v) is 7.20. The first kappa shape index (κ1) is 22.3. The summed E-state index contributed by atoms with van der Waals surface area (Å²) in [7, 11) is 0. The van der Waals surface area contributed by atoms with Gasteiger partial charge in [0.05, 0.1) is 12.0 Å². The van der Waals surface area contributed by atoms with Crippen molar-refractivity contribution in [2.45, 2.75) is 39.5 Å². The number of amides is 2. The van der Waals surface area contributed by atoms with Gasteiger partial charge in [-0.1, -0.05) is 18.2 Å². The number of amidine groups is 2. The van der Waals surface area contributed by atoms with Crippen LogP contribution >= 0.6 is 11.8 Å². The van der Waals surface area contributed by atoms with E-state index in [-0.39, 0.29) is 23.7 Å². The third-order valence-electron chi connectivity index (χ3n) is 6.29. The van der Waals surface area contributed by atoms with Crippen LogP contribution in [0.25, 0.3) is 11.8 Å². The van der Waals surface area contributed by atoms with Gasteiger partial charge in [-0.15, -0.1) is 0 Å². The second-order valence-electron chi connectivity index (χ2n) is 8.63. The number of rotatable bonds is 4. The number of hydrogen-bond donors (Lipinski definition) is 1. The number of aliphatic imine (C=N–C) groups is 1. The number of piperidine rings is 1. The standard InChI is InChI=1S/C25H26N6O2S/c1-16-13-18(17(2)30(16)19-9-5-3-6-10-19)14-20-23(26)31-25(27-24(20)33)34-21(28-31)15-22(32)29-11-7-4-8-12-29/h3,5-6,9-10,13-14,26H,4,7-8,11-12,15H2,1-2H3. The van der Waals surface area contributed by atoms with E-state index < -0.39 is 5.91 Å². The molecule has 5 rings (SSSR count). The van der Waals surface area contributed by atoms with Crippen molar-refractivity contribution in [3.8, 4) is 5.69 Å². The summed E-state index contributed by atoms with van der Waals surface area (Å²) in [5.74, 6) is -0.451. The molecule has 0 aliphatic carbocycles. The van der Waals surface area contributed by atoms with Gasteiger partial charge in [0.2, 0.25) is 11.1 Å². The van der Waals surface area contributed by atoms with Crippen LogP contribution in [-0.4, -0.2) is 55.4 Å². The molecule has 2 amide bonds. The molecule has 4 heterocycles. The molecule has 0 bridgehead atoms. The van der Waals surface area contributed by atoms with Crippen molar-refractivity contribution in [3.63, 3.8) is 0 Å². The van der Waals surface area contributed by atoms with Gasteiger partial charge in [0, 0.05) is 30.2 Å². The predicted molar refractivity (Wildman–Crippen MR) is 135 cm³/mol. The van der Waals surface area contributed by atoms with Crippen LogP contribution in [0.3, 0.4) is 0 Å². The van der Waals surface area contributed by atoms with Gasteiger partial charge < -0.3 is 9.47 Å². The van der Waals surface area contributed by atoms with Crippen LogP contribution in [0.1, 0.15) is 42.6 Å². The lowest BCUT2D eigenvalue weighted by Gasteiger charge is -2.26. The summed E-state index contributed by atoms with van der Waals surface area (Å²) in [5.41, 5.74) is 4.08. The number of hydrogen-bond acceptors (Lipinski definition) is 5. The Labute approximate surface area is 202 Å². The lowest BCUT2D eigenvalue weighted by molar-refractivity contribution is -0.130. The molecule has 34 heavy (non-hydrogen) atoms. The van der Waals surface area contributed by atoms with Gasteiger partial charge in [-0.2, -0.15) is 15.1 Å². The van der Waals surface area contributed by atoms with E-state index in [0.29, 0.717) is 10.2 Å². The van der Waals surface area contributed by atoms with Gasteiger partial charge in [0.25, 0.3) is 5.91 Å². The number of fused-ring (bicyclic) bond motifs is 1. The number of carbonyl (C=O) groups excluding carboxylic acids is 2. The number of nitrogens with zero attached hydrogens (tertiary/aromatic N) is 5. The lowest BCUT2D eigenvalue weighted by Crippen LogP contribution is -2.36. The lowest BCUT2D eigenvalue weighted by atomic mass is 10.1. The largest absolute Gasteiger partial charge is 0.342 e. The molecule has 1 fully saturated rings. The Hall–Kier alpha value is -3.46. The Morgan fingerprint density at radius 3 is 2.62 bits per heavy atom. The van der Waals surface area contributed by atoms with Crippen LogP contribution in [-0.2, 0) is 9.59 Å². The number of para-hydroxylation sites is 1. The van der Waals surface area contributed by atoms with Crippen molar-refractivity contribution < 1.29 is 9.59 Å². The maximum absolute atomic E-state index is 12.8. The van der Waals surface area contributed by atoms with Crippen molar-refractivity contribution in [2.24, 2.45) is 10.1 Å². The van der Waals surface area contributed by atoms with E-state index in [0.717, 1.165) is 55.0 Å². The summed E-state index contributed by atoms with van der Waals surface area (Å²) in [5, 5.41) is 15.4. The number of nitrogens with one attached hydrogen (secondary N) is 1.